The van der Waals surface area contributed by atoms with Crippen LogP contribution in [0.25, 0.3) is 0 Å². The van der Waals surface area contributed by atoms with Crippen LogP contribution >= 0.6 is 31.7 Å². The maximum absolute atomic E-state index is 9.75. The zero-order valence-corrected chi connectivity index (χ0v) is 54.8. The van der Waals surface area contributed by atoms with E-state index < -0.39 is 46.2 Å². The summed E-state index contributed by atoms with van der Waals surface area (Å²) in [6, 6.07) is 129. The molecule has 464 valence electrons. The van der Waals surface area contributed by atoms with Gasteiger partial charge in [0.15, 0.2) is 0 Å². The first-order valence-corrected chi connectivity index (χ1v) is 32.7. The molecule has 0 unspecified atom stereocenters. The van der Waals surface area contributed by atoms with Gasteiger partial charge >= 0.3 is 55.4 Å². The fourth-order valence-corrected chi connectivity index (χ4v) is 17.9. The van der Waals surface area contributed by atoms with Crippen LogP contribution in [-0.2, 0) is 40.8 Å². The topological polar surface area (TPSA) is 60.0 Å². The maximum Gasteiger partial charge on any atom is 2.00 e. The minimum atomic E-state index is -6.00. The molecule has 0 atom stereocenters. The van der Waals surface area contributed by atoms with Gasteiger partial charge in [-0.05, 0) is 95.3 Å². The summed E-state index contributed by atoms with van der Waals surface area (Å²) >= 11 is 0. The van der Waals surface area contributed by atoms with Gasteiger partial charge in [-0.25, -0.2) is 0 Å². The van der Waals surface area contributed by atoms with Gasteiger partial charge in [0.1, 0.15) is 0 Å². The Labute approximate surface area is 556 Å². The van der Waals surface area contributed by atoms with Crippen LogP contribution in [0, 0.1) is 0 Å². The van der Waals surface area contributed by atoms with E-state index in [9.17, 15) is 34.5 Å². The third kappa shape index (κ3) is 27.7. The van der Waals surface area contributed by atoms with Crippen molar-refractivity contribution in [3.8, 4) is 0 Å². The molecule has 0 aliphatic carbocycles. The zero-order chi connectivity index (χ0) is 60.7. The van der Waals surface area contributed by atoms with Gasteiger partial charge in [-0.2, -0.15) is 0 Å². The largest absolute Gasteiger partial charge is 2.00 e. The first-order valence-electron chi connectivity index (χ1n) is 27.4. The minimum Gasteiger partial charge on any atom is -0.870 e. The summed E-state index contributed by atoms with van der Waals surface area (Å²) in [7, 11) is -13.8. The van der Waals surface area contributed by atoms with E-state index in [1.807, 2.05) is 0 Å². The summed E-state index contributed by atoms with van der Waals surface area (Å²) in [5.41, 5.74) is 0. The molecule has 0 amide bonds. The molecule has 12 rings (SSSR count). The van der Waals surface area contributed by atoms with Gasteiger partial charge in [-0.3, -0.25) is 0 Å². The van der Waals surface area contributed by atoms with E-state index in [2.05, 4.69) is 364 Å². The minimum absolute atomic E-state index is 0. The van der Waals surface area contributed by atoms with Crippen molar-refractivity contribution in [3.63, 3.8) is 0 Å². The standard InChI is InChI=1S/4C18H15P.2BF4.2H2O.2Pd/c4*1-4-10-16(11-5-1)19(17-12-6-2-7-13-17)18-14-8-3-9-15-18;2*2-1(3,4)5;;;;/h4*1-15H;;;2*1H2;;/q;;;;2*-1;;;2*+2/p-2. The molecular formula is C72H62B2F8O2P4Pd2. The van der Waals surface area contributed by atoms with Crippen molar-refractivity contribution in [1.82, 2.24) is 0 Å². The molecule has 0 aromatic heterocycles. The molecule has 2 nitrogen and oxygen atoms in total. The molecule has 0 saturated carbocycles. The Morgan fingerprint density at radius 3 is 0.256 bits per heavy atom. The summed E-state index contributed by atoms with van der Waals surface area (Å²) in [6.45, 7) is 0. The number of hydrogen-bond donors (Lipinski definition) is 0. The second kappa shape index (κ2) is 42.3. The Morgan fingerprint density at radius 2 is 0.200 bits per heavy atom. The second-order valence-electron chi connectivity index (χ2n) is 18.4. The van der Waals surface area contributed by atoms with Crippen molar-refractivity contribution in [2.24, 2.45) is 0 Å². The predicted octanol–water partition coefficient (Wildman–Crippen LogP) is 16.0. The van der Waals surface area contributed by atoms with Crippen LogP contribution in [0.2, 0.25) is 0 Å². The van der Waals surface area contributed by atoms with E-state index in [-0.39, 0.29) is 51.8 Å². The van der Waals surface area contributed by atoms with Crippen molar-refractivity contribution in [3.05, 3.63) is 364 Å². The quantitative estimate of drug-likeness (QED) is 0.0695. The maximum atomic E-state index is 9.75. The van der Waals surface area contributed by atoms with Gasteiger partial charge < -0.3 is 45.5 Å². The molecule has 0 fully saturated rings. The summed E-state index contributed by atoms with van der Waals surface area (Å²) in [4.78, 5) is 0. The second-order valence-corrected chi connectivity index (χ2v) is 27.2. The Bertz CT molecular complexity index is 2830. The van der Waals surface area contributed by atoms with E-state index in [0.717, 1.165) is 0 Å². The molecular weight excluding hydrogens is 1410 g/mol. The molecule has 0 saturated heterocycles. The van der Waals surface area contributed by atoms with Crippen molar-refractivity contribution in [2.75, 3.05) is 0 Å². The molecule has 0 radical (unpaired) electrons. The molecule has 0 spiro atoms. The van der Waals surface area contributed by atoms with Gasteiger partial charge in [-0.1, -0.05) is 364 Å². The van der Waals surface area contributed by atoms with Crippen LogP contribution in [0.1, 0.15) is 0 Å². The normalized spacial score (nSPS) is 10.3. The van der Waals surface area contributed by atoms with Gasteiger partial charge in [0.2, 0.25) is 0 Å². The Balaban J connectivity index is 0.000000294. The van der Waals surface area contributed by atoms with Crippen LogP contribution in [0.15, 0.2) is 364 Å². The molecule has 12 aromatic rings. The SMILES string of the molecule is F[B-](F)(F)F.F[B-](F)(F)F.[OH-].[OH-].[Pd+2].[Pd+2].c1ccc(P(c2ccccc2)c2ccccc2)cc1.c1ccc(P(c2ccccc2)c2ccccc2)cc1.c1ccc(P(c2ccccc2)c2ccccc2)cc1.c1ccc(P(c2ccccc2)c2ccccc2)cc1. The van der Waals surface area contributed by atoms with Crippen molar-refractivity contribution in [1.29, 1.82) is 0 Å². The molecule has 0 aliphatic rings. The summed E-state index contributed by atoms with van der Waals surface area (Å²) < 4.78 is 78.0. The van der Waals surface area contributed by atoms with Crippen LogP contribution in [-0.4, -0.2) is 25.5 Å². The predicted molar refractivity (Wildman–Crippen MR) is 365 cm³/mol. The molecule has 2 N–H and O–H groups in total. The summed E-state index contributed by atoms with van der Waals surface area (Å²) in [5, 5.41) is 16.8. The Morgan fingerprint density at radius 1 is 0.144 bits per heavy atom. The zero-order valence-electron chi connectivity index (χ0n) is 48.1. The van der Waals surface area contributed by atoms with Crippen LogP contribution in [0.3, 0.4) is 0 Å². The summed E-state index contributed by atoms with van der Waals surface area (Å²) in [5.74, 6) is 0. The van der Waals surface area contributed by atoms with Crippen molar-refractivity contribution in [2.45, 2.75) is 0 Å². The third-order valence-electron chi connectivity index (χ3n) is 12.2. The number of benzene rings is 12. The molecule has 18 heteroatoms. The molecule has 0 bridgehead atoms. The number of hydrogen-bond acceptors (Lipinski definition) is 2. The van der Waals surface area contributed by atoms with Crippen LogP contribution in [0.4, 0.5) is 34.5 Å². The average Bonchev–Trinajstić information content (AvgIpc) is 2.11. The van der Waals surface area contributed by atoms with Crippen molar-refractivity contribution < 1.29 is 86.3 Å². The van der Waals surface area contributed by atoms with Gasteiger partial charge in [0.05, 0.1) is 0 Å². The third-order valence-corrected chi connectivity index (χ3v) is 21.9. The van der Waals surface area contributed by atoms with Gasteiger partial charge in [-0.15, -0.1) is 0 Å². The average molecular weight is 1470 g/mol. The van der Waals surface area contributed by atoms with Gasteiger partial charge in [0.25, 0.3) is 0 Å². The monoisotopic (exact) mass is 1470 g/mol. The Hall–Kier alpha value is -6.83. The van der Waals surface area contributed by atoms with Crippen LogP contribution < -0.4 is 63.7 Å². The van der Waals surface area contributed by atoms with E-state index in [1.54, 1.807) is 0 Å². The fraction of sp³-hybridized carbons (Fsp3) is 0. The van der Waals surface area contributed by atoms with E-state index >= 15 is 0 Å². The van der Waals surface area contributed by atoms with Gasteiger partial charge in [0, 0.05) is 0 Å². The molecule has 0 aliphatic heterocycles. The van der Waals surface area contributed by atoms with E-state index in [1.165, 1.54) is 63.7 Å². The molecule has 12 aromatic carbocycles. The first kappa shape index (κ1) is 77.4. The van der Waals surface area contributed by atoms with E-state index in [4.69, 9.17) is 0 Å². The molecule has 0 heterocycles. The number of halogens is 8. The fourth-order valence-electron chi connectivity index (χ4n) is 8.71. The summed E-state index contributed by atoms with van der Waals surface area (Å²) in [6.07, 6.45) is 0. The first-order chi connectivity index (χ1) is 41.8. The smallest absolute Gasteiger partial charge is 0.870 e. The van der Waals surface area contributed by atoms with Crippen molar-refractivity contribution >= 4 is 110 Å². The number of rotatable bonds is 12. The Kier molecular flexibility index (Phi) is 36.4. The van der Waals surface area contributed by atoms with Crippen LogP contribution in [0.5, 0.6) is 0 Å². The van der Waals surface area contributed by atoms with E-state index in [0.29, 0.717) is 0 Å². The molecule has 90 heavy (non-hydrogen) atoms.